The van der Waals surface area contributed by atoms with Crippen molar-refractivity contribution in [3.63, 3.8) is 0 Å². The molecular formula is C18H24FNO3. The minimum atomic E-state index is -1.35. The summed E-state index contributed by atoms with van der Waals surface area (Å²) in [6.45, 7) is 4.46. The molecule has 0 aromatic heterocycles. The molecule has 1 saturated heterocycles. The van der Waals surface area contributed by atoms with E-state index in [-0.39, 0.29) is 18.0 Å². The summed E-state index contributed by atoms with van der Waals surface area (Å²) in [4.78, 5) is 26.3. The van der Waals surface area contributed by atoms with Gasteiger partial charge in [-0.05, 0) is 51.0 Å². The van der Waals surface area contributed by atoms with Crippen molar-refractivity contribution in [3.05, 3.63) is 35.6 Å². The maximum atomic E-state index is 13.0. The zero-order valence-electron chi connectivity index (χ0n) is 13.7. The third-order valence-electron chi connectivity index (χ3n) is 4.70. The first kappa shape index (κ1) is 17.8. The van der Waals surface area contributed by atoms with Crippen LogP contribution in [0.5, 0.6) is 0 Å². The predicted octanol–water partition coefficient (Wildman–Crippen LogP) is 2.80. The lowest BCUT2D eigenvalue weighted by molar-refractivity contribution is -0.158. The van der Waals surface area contributed by atoms with Crippen molar-refractivity contribution in [1.29, 1.82) is 0 Å². The second-order valence-corrected chi connectivity index (χ2v) is 6.44. The highest BCUT2D eigenvalue weighted by atomic mass is 19.1. The maximum absolute atomic E-state index is 13.0. The first-order valence-corrected chi connectivity index (χ1v) is 8.09. The Labute approximate surface area is 136 Å². The van der Waals surface area contributed by atoms with Gasteiger partial charge in [0.25, 0.3) is 0 Å². The molecule has 1 aromatic rings. The highest BCUT2D eigenvalue weighted by Gasteiger charge is 2.41. The Balaban J connectivity index is 2.15. The second kappa shape index (κ2) is 7.32. The largest absolute Gasteiger partial charge is 0.375 e. The van der Waals surface area contributed by atoms with Crippen molar-refractivity contribution in [2.45, 2.75) is 45.3 Å². The lowest BCUT2D eigenvalue weighted by Gasteiger charge is -2.43. The summed E-state index contributed by atoms with van der Waals surface area (Å²) in [7, 11) is 0. The fourth-order valence-corrected chi connectivity index (χ4v) is 3.23. The van der Waals surface area contributed by atoms with Gasteiger partial charge in [-0.3, -0.25) is 14.5 Å². The van der Waals surface area contributed by atoms with E-state index in [0.29, 0.717) is 5.56 Å². The van der Waals surface area contributed by atoms with Crippen LogP contribution in [-0.2, 0) is 4.79 Å². The van der Waals surface area contributed by atoms with Crippen LogP contribution in [0.4, 0.5) is 4.39 Å². The summed E-state index contributed by atoms with van der Waals surface area (Å²) >= 11 is 0. The van der Waals surface area contributed by atoms with Crippen molar-refractivity contribution >= 4 is 11.6 Å². The van der Waals surface area contributed by atoms with Crippen LogP contribution in [0, 0.1) is 11.7 Å². The van der Waals surface area contributed by atoms with Crippen molar-refractivity contribution in [3.8, 4) is 0 Å². The molecule has 2 unspecified atom stereocenters. The minimum Gasteiger partial charge on any atom is -0.375 e. The highest BCUT2D eigenvalue weighted by Crippen LogP contribution is 2.30. The van der Waals surface area contributed by atoms with Gasteiger partial charge in [0.15, 0.2) is 5.78 Å². The molecule has 1 aliphatic heterocycles. The summed E-state index contributed by atoms with van der Waals surface area (Å²) < 4.78 is 13.0. The average Bonchev–Trinajstić information content (AvgIpc) is 2.53. The Bertz CT molecular complexity index is 562. The Kier molecular flexibility index (Phi) is 5.65. The van der Waals surface area contributed by atoms with E-state index in [9.17, 15) is 19.1 Å². The molecule has 0 saturated carbocycles. The topological polar surface area (TPSA) is 57.6 Å². The molecule has 2 rings (SSSR count). The molecule has 0 aliphatic carbocycles. The van der Waals surface area contributed by atoms with Gasteiger partial charge in [-0.15, -0.1) is 0 Å². The number of piperidine rings is 1. The first-order chi connectivity index (χ1) is 10.8. The SMILES string of the molecule is CC(=O)C(CC(=O)c1ccc(F)cc1)C(C)(O)N1CCCCC1. The Morgan fingerprint density at radius 2 is 1.78 bits per heavy atom. The van der Waals surface area contributed by atoms with Crippen LogP contribution in [0.3, 0.4) is 0 Å². The van der Waals surface area contributed by atoms with E-state index in [1.165, 1.54) is 31.2 Å². The van der Waals surface area contributed by atoms with Crippen LogP contribution < -0.4 is 0 Å². The average molecular weight is 321 g/mol. The molecule has 1 fully saturated rings. The zero-order valence-corrected chi connectivity index (χ0v) is 13.7. The van der Waals surface area contributed by atoms with Crippen LogP contribution in [0.15, 0.2) is 24.3 Å². The number of nitrogens with zero attached hydrogens (tertiary/aromatic N) is 1. The number of benzene rings is 1. The molecule has 23 heavy (non-hydrogen) atoms. The van der Waals surface area contributed by atoms with E-state index in [1.54, 1.807) is 6.92 Å². The van der Waals surface area contributed by atoms with E-state index >= 15 is 0 Å². The van der Waals surface area contributed by atoms with E-state index in [1.807, 2.05) is 4.90 Å². The van der Waals surface area contributed by atoms with Gasteiger partial charge < -0.3 is 5.11 Å². The van der Waals surface area contributed by atoms with Gasteiger partial charge in [0.1, 0.15) is 17.3 Å². The molecule has 1 heterocycles. The molecule has 5 heteroatoms. The number of ketones is 2. The molecule has 126 valence electrons. The normalized spacial score (nSPS) is 19.8. The molecule has 1 N–H and O–H groups in total. The van der Waals surface area contributed by atoms with Crippen LogP contribution in [-0.4, -0.2) is 40.4 Å². The Morgan fingerprint density at radius 1 is 1.22 bits per heavy atom. The summed E-state index contributed by atoms with van der Waals surface area (Å²) in [5.41, 5.74) is -0.992. The summed E-state index contributed by atoms with van der Waals surface area (Å²) in [6, 6.07) is 5.26. The third-order valence-corrected chi connectivity index (χ3v) is 4.70. The number of carbonyl (C=O) groups is 2. The molecule has 0 bridgehead atoms. The maximum Gasteiger partial charge on any atom is 0.163 e. The summed E-state index contributed by atoms with van der Waals surface area (Å²) in [5, 5.41) is 10.9. The molecule has 1 aromatic carbocycles. The second-order valence-electron chi connectivity index (χ2n) is 6.44. The van der Waals surface area contributed by atoms with Gasteiger partial charge in [-0.25, -0.2) is 4.39 Å². The quantitative estimate of drug-likeness (QED) is 0.819. The van der Waals surface area contributed by atoms with Crippen LogP contribution in [0.1, 0.15) is 49.9 Å². The van der Waals surface area contributed by atoms with Crippen LogP contribution in [0.25, 0.3) is 0 Å². The molecule has 0 amide bonds. The van der Waals surface area contributed by atoms with Gasteiger partial charge in [-0.2, -0.15) is 0 Å². The van der Waals surface area contributed by atoms with E-state index < -0.39 is 17.5 Å². The van der Waals surface area contributed by atoms with E-state index in [4.69, 9.17) is 0 Å². The molecule has 4 nitrogen and oxygen atoms in total. The number of likely N-dealkylation sites (tertiary alicyclic amines) is 1. The van der Waals surface area contributed by atoms with E-state index in [0.717, 1.165) is 32.4 Å². The van der Waals surface area contributed by atoms with Crippen molar-refractivity contribution in [2.24, 2.45) is 5.92 Å². The minimum absolute atomic E-state index is 0.0789. The first-order valence-electron chi connectivity index (χ1n) is 8.09. The fraction of sp³-hybridized carbons (Fsp3) is 0.556. The number of rotatable bonds is 6. The van der Waals surface area contributed by atoms with Crippen LogP contribution >= 0.6 is 0 Å². The van der Waals surface area contributed by atoms with Gasteiger partial charge in [0.2, 0.25) is 0 Å². The number of hydrogen-bond donors (Lipinski definition) is 1. The summed E-state index contributed by atoms with van der Waals surface area (Å²) in [6.07, 6.45) is 3.00. The highest BCUT2D eigenvalue weighted by molar-refractivity contribution is 5.98. The standard InChI is InChI=1S/C18H24FNO3/c1-13(21)16(18(2,23)20-10-4-3-5-11-20)12-17(22)14-6-8-15(19)9-7-14/h6-9,16,23H,3-5,10-12H2,1-2H3. The lowest BCUT2D eigenvalue weighted by Crippen LogP contribution is -2.55. The zero-order chi connectivity index (χ0) is 17.0. The number of hydrogen-bond acceptors (Lipinski definition) is 4. The number of Topliss-reactive ketones (excluding diaryl/α,β-unsaturated/α-hetero) is 2. The van der Waals surface area contributed by atoms with Crippen molar-refractivity contribution < 1.29 is 19.1 Å². The van der Waals surface area contributed by atoms with Crippen molar-refractivity contribution in [1.82, 2.24) is 4.90 Å². The molecule has 0 radical (unpaired) electrons. The molecule has 2 atom stereocenters. The molecule has 1 aliphatic rings. The number of halogens is 1. The molecular weight excluding hydrogens is 297 g/mol. The smallest absolute Gasteiger partial charge is 0.163 e. The molecule has 0 spiro atoms. The summed E-state index contributed by atoms with van der Waals surface area (Å²) in [5.74, 6) is -1.68. The predicted molar refractivity (Wildman–Crippen MR) is 85.6 cm³/mol. The van der Waals surface area contributed by atoms with Gasteiger partial charge >= 0.3 is 0 Å². The van der Waals surface area contributed by atoms with Crippen LogP contribution in [0.2, 0.25) is 0 Å². The Hall–Kier alpha value is -1.59. The number of carbonyl (C=O) groups excluding carboxylic acids is 2. The Morgan fingerprint density at radius 3 is 2.30 bits per heavy atom. The van der Waals surface area contributed by atoms with Crippen molar-refractivity contribution in [2.75, 3.05) is 13.1 Å². The monoisotopic (exact) mass is 321 g/mol. The third kappa shape index (κ3) is 4.24. The lowest BCUT2D eigenvalue weighted by atomic mass is 9.85. The van der Waals surface area contributed by atoms with Gasteiger partial charge in [0.05, 0.1) is 5.92 Å². The van der Waals surface area contributed by atoms with Gasteiger partial charge in [0, 0.05) is 25.1 Å². The number of aliphatic hydroxyl groups is 1. The fourth-order valence-electron chi connectivity index (χ4n) is 3.23. The van der Waals surface area contributed by atoms with Gasteiger partial charge in [-0.1, -0.05) is 6.42 Å². The van der Waals surface area contributed by atoms with E-state index in [2.05, 4.69) is 0 Å².